The topological polar surface area (TPSA) is 88.8 Å². The van der Waals surface area contributed by atoms with E-state index in [0.29, 0.717) is 72.6 Å². The second-order valence-corrected chi connectivity index (χ2v) is 11.1. The Morgan fingerprint density at radius 3 is 2.07 bits per heavy atom. The second-order valence-electron chi connectivity index (χ2n) is 11.1. The molecule has 4 aromatic rings. The first kappa shape index (κ1) is 31.8. The number of halogens is 3. The molecule has 3 amide bonds. The highest BCUT2D eigenvalue weighted by atomic mass is 19.4. The average molecular weight is 621 g/mol. The van der Waals surface area contributed by atoms with Crippen LogP contribution in [0.25, 0.3) is 11.0 Å². The van der Waals surface area contributed by atoms with Crippen LogP contribution >= 0.6 is 0 Å². The summed E-state index contributed by atoms with van der Waals surface area (Å²) in [4.78, 5) is 40.4. The van der Waals surface area contributed by atoms with Gasteiger partial charge in [0.2, 0.25) is 0 Å². The summed E-state index contributed by atoms with van der Waals surface area (Å²) < 4.78 is 53.2. The molecule has 45 heavy (non-hydrogen) atoms. The fourth-order valence-corrected chi connectivity index (χ4v) is 6.01. The third kappa shape index (κ3) is 6.18. The Hall–Kier alpha value is -4.60. The molecule has 0 radical (unpaired) electrons. The monoisotopic (exact) mass is 620 g/mol. The van der Waals surface area contributed by atoms with Gasteiger partial charge in [-0.15, -0.1) is 0 Å². The number of carbonyl (C=O) groups excluding carboxylic acids is 2. The van der Waals surface area contributed by atoms with Crippen LogP contribution < -0.4 is 15.7 Å². The molecule has 0 spiro atoms. The van der Waals surface area contributed by atoms with E-state index >= 15 is 0 Å². The Kier molecular flexibility index (Phi) is 9.32. The number of imide groups is 1. The standard InChI is InChI=1S/C35H35F3N2O5/c1-3-13-23-21-27-28(35(36,37)38)22-29(41)45-31(27)26(14-4-2)30(23)44-20-12-11-19-40-32(42)34(39-33(40)43,24-15-7-5-8-16-24)25-17-9-6-10-18-25/h5-10,15-18,21-22H,3-4,11-14,19-20H2,1-2H3,(H,39,43). The maximum Gasteiger partial charge on any atom is 0.417 e. The summed E-state index contributed by atoms with van der Waals surface area (Å²) >= 11 is 0. The highest BCUT2D eigenvalue weighted by molar-refractivity contribution is 6.09. The molecule has 3 aromatic carbocycles. The van der Waals surface area contributed by atoms with Crippen LogP contribution in [-0.2, 0) is 29.4 Å². The van der Waals surface area contributed by atoms with E-state index in [-0.39, 0.29) is 30.0 Å². The van der Waals surface area contributed by atoms with Crippen molar-refractivity contribution >= 4 is 22.9 Å². The van der Waals surface area contributed by atoms with Gasteiger partial charge in [-0.3, -0.25) is 9.69 Å². The summed E-state index contributed by atoms with van der Waals surface area (Å²) in [5, 5.41) is 2.78. The van der Waals surface area contributed by atoms with Gasteiger partial charge in [-0.2, -0.15) is 13.2 Å². The van der Waals surface area contributed by atoms with Crippen molar-refractivity contribution in [3.63, 3.8) is 0 Å². The molecule has 1 saturated heterocycles. The number of unbranched alkanes of at least 4 members (excludes halogenated alkanes) is 1. The first-order valence-electron chi connectivity index (χ1n) is 15.2. The lowest BCUT2D eigenvalue weighted by Crippen LogP contribution is -2.45. The van der Waals surface area contributed by atoms with Gasteiger partial charge in [-0.1, -0.05) is 87.4 Å². The summed E-state index contributed by atoms with van der Waals surface area (Å²) in [5.41, 5.74) is -1.19. The predicted molar refractivity (Wildman–Crippen MR) is 164 cm³/mol. The number of aryl methyl sites for hydroxylation is 2. The zero-order chi connectivity index (χ0) is 32.2. The molecule has 1 aliphatic heterocycles. The van der Waals surface area contributed by atoms with E-state index in [0.717, 1.165) is 0 Å². The first-order chi connectivity index (χ1) is 21.6. The minimum atomic E-state index is -4.72. The van der Waals surface area contributed by atoms with E-state index in [9.17, 15) is 27.6 Å². The minimum Gasteiger partial charge on any atom is -0.493 e. The summed E-state index contributed by atoms with van der Waals surface area (Å²) in [5.74, 6) is 0.0575. The van der Waals surface area contributed by atoms with E-state index in [1.54, 1.807) is 0 Å². The van der Waals surface area contributed by atoms with Gasteiger partial charge in [-0.25, -0.2) is 9.59 Å². The minimum absolute atomic E-state index is 0.107. The number of benzene rings is 3. The molecular weight excluding hydrogens is 585 g/mol. The fraction of sp³-hybridized carbons (Fsp3) is 0.343. The lowest BCUT2D eigenvalue weighted by atomic mass is 9.82. The molecule has 0 atom stereocenters. The van der Waals surface area contributed by atoms with Crippen LogP contribution in [0.4, 0.5) is 18.0 Å². The van der Waals surface area contributed by atoms with E-state index in [1.165, 1.54) is 11.0 Å². The lowest BCUT2D eigenvalue weighted by molar-refractivity contribution is -0.136. The third-order valence-corrected chi connectivity index (χ3v) is 8.02. The van der Waals surface area contributed by atoms with Crippen molar-refractivity contribution in [1.29, 1.82) is 0 Å². The Bertz CT molecular complexity index is 1700. The van der Waals surface area contributed by atoms with Crippen molar-refractivity contribution in [3.05, 3.63) is 111 Å². The quantitative estimate of drug-likeness (QED) is 0.102. The number of amides is 3. The SMILES string of the molecule is CCCc1cc2c(C(F)(F)F)cc(=O)oc2c(CCC)c1OCCCCN1C(=O)NC(c2ccccc2)(c2ccccc2)C1=O. The van der Waals surface area contributed by atoms with Gasteiger partial charge < -0.3 is 14.5 Å². The Morgan fingerprint density at radius 1 is 0.867 bits per heavy atom. The molecule has 5 rings (SSSR count). The van der Waals surface area contributed by atoms with Gasteiger partial charge in [0.1, 0.15) is 11.3 Å². The van der Waals surface area contributed by atoms with Crippen molar-refractivity contribution in [1.82, 2.24) is 10.2 Å². The molecular formula is C35H35F3N2O5. The van der Waals surface area contributed by atoms with Crippen LogP contribution in [0.2, 0.25) is 0 Å². The number of ether oxygens (including phenoxy) is 1. The van der Waals surface area contributed by atoms with Crippen LogP contribution in [-0.4, -0.2) is 30.0 Å². The smallest absolute Gasteiger partial charge is 0.417 e. The van der Waals surface area contributed by atoms with Crippen LogP contribution in [0.5, 0.6) is 5.75 Å². The normalized spacial score (nSPS) is 14.6. The molecule has 1 fully saturated rings. The van der Waals surface area contributed by atoms with Gasteiger partial charge in [0.25, 0.3) is 5.91 Å². The van der Waals surface area contributed by atoms with Crippen LogP contribution in [0.15, 0.2) is 82.0 Å². The predicted octanol–water partition coefficient (Wildman–Crippen LogP) is 7.37. The maximum absolute atomic E-state index is 13.9. The molecule has 0 aliphatic carbocycles. The van der Waals surface area contributed by atoms with Crippen molar-refractivity contribution in [2.45, 2.75) is 64.1 Å². The number of fused-ring (bicyclic) bond motifs is 1. The van der Waals surface area contributed by atoms with E-state index in [1.807, 2.05) is 74.5 Å². The highest BCUT2D eigenvalue weighted by Crippen LogP contribution is 2.40. The average Bonchev–Trinajstić information content (AvgIpc) is 3.28. The van der Waals surface area contributed by atoms with Crippen LogP contribution in [0, 0.1) is 0 Å². The summed E-state index contributed by atoms with van der Waals surface area (Å²) in [7, 11) is 0. The molecule has 0 bridgehead atoms. The second kappa shape index (κ2) is 13.2. The van der Waals surface area contributed by atoms with Gasteiger partial charge in [0, 0.05) is 23.6 Å². The van der Waals surface area contributed by atoms with Crippen molar-refractivity contribution in [3.8, 4) is 5.75 Å². The fourth-order valence-electron chi connectivity index (χ4n) is 6.01. The van der Waals surface area contributed by atoms with Gasteiger partial charge in [0.15, 0.2) is 5.54 Å². The maximum atomic E-state index is 13.9. The van der Waals surface area contributed by atoms with Crippen molar-refractivity contribution in [2.24, 2.45) is 0 Å². The number of nitrogens with one attached hydrogen (secondary N) is 1. The molecule has 10 heteroatoms. The summed E-state index contributed by atoms with van der Waals surface area (Å²) in [6, 6.07) is 19.6. The molecule has 1 N–H and O–H groups in total. The molecule has 2 heterocycles. The number of rotatable bonds is 12. The van der Waals surface area contributed by atoms with Gasteiger partial charge in [-0.05, 0) is 48.4 Å². The number of urea groups is 1. The molecule has 1 aliphatic rings. The summed E-state index contributed by atoms with van der Waals surface area (Å²) in [6.45, 7) is 4.15. The van der Waals surface area contributed by atoms with E-state index < -0.39 is 28.9 Å². The zero-order valence-corrected chi connectivity index (χ0v) is 25.2. The number of hydrogen-bond donors (Lipinski definition) is 1. The largest absolute Gasteiger partial charge is 0.493 e. The molecule has 0 saturated carbocycles. The van der Waals surface area contributed by atoms with Gasteiger partial charge >= 0.3 is 17.8 Å². The molecule has 0 unspecified atom stereocenters. The Balaban J connectivity index is 1.35. The molecule has 236 valence electrons. The lowest BCUT2D eigenvalue weighted by Gasteiger charge is -2.28. The van der Waals surface area contributed by atoms with Crippen LogP contribution in [0.3, 0.4) is 0 Å². The van der Waals surface area contributed by atoms with Crippen LogP contribution in [0.1, 0.15) is 67.3 Å². The third-order valence-electron chi connectivity index (χ3n) is 8.02. The molecule has 7 nitrogen and oxygen atoms in total. The van der Waals surface area contributed by atoms with E-state index in [2.05, 4.69) is 5.32 Å². The van der Waals surface area contributed by atoms with E-state index in [4.69, 9.17) is 9.15 Å². The van der Waals surface area contributed by atoms with Crippen molar-refractivity contribution in [2.75, 3.05) is 13.2 Å². The van der Waals surface area contributed by atoms with Crippen molar-refractivity contribution < 1.29 is 31.9 Å². The first-order valence-corrected chi connectivity index (χ1v) is 15.2. The van der Waals surface area contributed by atoms with Gasteiger partial charge in [0.05, 0.1) is 12.2 Å². The Morgan fingerprint density at radius 2 is 1.49 bits per heavy atom. The highest BCUT2D eigenvalue weighted by Gasteiger charge is 2.53. The number of nitrogens with zero attached hydrogens (tertiary/aromatic N) is 1. The number of alkyl halides is 3. The summed E-state index contributed by atoms with van der Waals surface area (Å²) in [6.07, 6.45) is -1.73. The number of carbonyl (C=O) groups is 2. The number of hydrogen-bond acceptors (Lipinski definition) is 5. The molecule has 1 aromatic heterocycles. The Labute approximate surface area is 259 Å². The zero-order valence-electron chi connectivity index (χ0n) is 25.2.